The van der Waals surface area contributed by atoms with Crippen molar-refractivity contribution >= 4 is 29.3 Å². The summed E-state index contributed by atoms with van der Waals surface area (Å²) < 4.78 is 0. The van der Waals surface area contributed by atoms with Crippen molar-refractivity contribution in [2.45, 2.75) is 25.7 Å². The van der Waals surface area contributed by atoms with Crippen LogP contribution in [0.15, 0.2) is 36.5 Å². The predicted octanol–water partition coefficient (Wildman–Crippen LogP) is 0.772. The maximum atomic E-state index is 12.0. The second-order valence-electron chi connectivity index (χ2n) is 6.33. The highest BCUT2D eigenvalue weighted by atomic mass is 16.4. The number of nitrogens with zero attached hydrogens (tertiary/aromatic N) is 2. The maximum absolute atomic E-state index is 12.0. The zero-order valence-electron chi connectivity index (χ0n) is 15.8. The Hall–Kier alpha value is -3.82. The van der Waals surface area contributed by atoms with E-state index in [2.05, 4.69) is 20.8 Å². The van der Waals surface area contributed by atoms with E-state index in [0.717, 1.165) is 5.56 Å². The highest BCUT2D eigenvalue weighted by Gasteiger charge is 2.22. The van der Waals surface area contributed by atoms with Crippen LogP contribution in [0.3, 0.4) is 0 Å². The monoisotopic (exact) mass is 398 g/mol. The predicted molar refractivity (Wildman–Crippen MR) is 105 cm³/mol. The topological polar surface area (TPSA) is 171 Å². The molecule has 2 rings (SSSR count). The molecule has 29 heavy (non-hydrogen) atoms. The van der Waals surface area contributed by atoms with E-state index >= 15 is 0 Å². The number of nitrogen functional groups attached to an aromatic ring is 1. The van der Waals surface area contributed by atoms with Gasteiger partial charge in [-0.2, -0.15) is 10.2 Å². The molecule has 2 aromatic rings. The number of carbonyl (C=O) groups excluding carboxylic acids is 2. The molecule has 152 valence electrons. The number of rotatable bonds is 9. The standard InChI is InChI=1S/C19H22N6O4/c1-11-9-12(4-5-13(11)18(20)21)24-17(27)7-6-16(26)22-10-14(19(28)29)15-3-2-8-23-25-15/h2-5,8-9,14H,6-7,10H2,1H3,(H3,20,21)(H,22,26)(H,24,27)(H,28,29). The third-order valence-corrected chi connectivity index (χ3v) is 4.13. The Morgan fingerprint density at radius 3 is 2.52 bits per heavy atom. The summed E-state index contributed by atoms with van der Waals surface area (Å²) >= 11 is 0. The van der Waals surface area contributed by atoms with Crippen molar-refractivity contribution in [3.05, 3.63) is 53.3 Å². The zero-order chi connectivity index (χ0) is 21.4. The molecule has 0 saturated heterocycles. The summed E-state index contributed by atoms with van der Waals surface area (Å²) in [5.74, 6) is -3.02. The number of benzene rings is 1. The van der Waals surface area contributed by atoms with Gasteiger partial charge in [0.2, 0.25) is 11.8 Å². The Kier molecular flexibility index (Phi) is 7.35. The fourth-order valence-electron chi connectivity index (χ4n) is 2.62. The van der Waals surface area contributed by atoms with E-state index in [-0.39, 0.29) is 36.8 Å². The fraction of sp³-hybridized carbons (Fsp3) is 0.263. The molecule has 10 nitrogen and oxygen atoms in total. The Morgan fingerprint density at radius 1 is 1.21 bits per heavy atom. The van der Waals surface area contributed by atoms with Crippen LogP contribution in [-0.4, -0.2) is 45.5 Å². The maximum Gasteiger partial charge on any atom is 0.314 e. The first-order valence-electron chi connectivity index (χ1n) is 8.80. The summed E-state index contributed by atoms with van der Waals surface area (Å²) in [4.78, 5) is 35.4. The quantitative estimate of drug-likeness (QED) is 0.306. The molecule has 1 heterocycles. The third kappa shape index (κ3) is 6.38. The van der Waals surface area contributed by atoms with E-state index < -0.39 is 17.8 Å². The summed E-state index contributed by atoms with van der Waals surface area (Å²) in [6.45, 7) is 1.62. The van der Waals surface area contributed by atoms with E-state index in [0.29, 0.717) is 11.3 Å². The van der Waals surface area contributed by atoms with Crippen LogP contribution in [-0.2, 0) is 14.4 Å². The van der Waals surface area contributed by atoms with Crippen molar-refractivity contribution in [3.8, 4) is 0 Å². The van der Waals surface area contributed by atoms with Crippen LogP contribution in [0, 0.1) is 12.3 Å². The molecule has 0 radical (unpaired) electrons. The second-order valence-corrected chi connectivity index (χ2v) is 6.33. The molecule has 6 N–H and O–H groups in total. The molecule has 0 spiro atoms. The summed E-state index contributed by atoms with van der Waals surface area (Å²) in [6, 6.07) is 8.03. The largest absolute Gasteiger partial charge is 0.481 e. The summed E-state index contributed by atoms with van der Waals surface area (Å²) in [5.41, 5.74) is 7.56. The van der Waals surface area contributed by atoms with Crippen molar-refractivity contribution in [3.63, 3.8) is 0 Å². The van der Waals surface area contributed by atoms with E-state index in [1.807, 2.05) is 0 Å². The number of aliphatic carboxylic acids is 1. The Morgan fingerprint density at radius 2 is 1.93 bits per heavy atom. The molecule has 1 aromatic carbocycles. The number of nitrogens with one attached hydrogen (secondary N) is 3. The van der Waals surface area contributed by atoms with E-state index in [9.17, 15) is 19.5 Å². The average molecular weight is 398 g/mol. The van der Waals surface area contributed by atoms with Crippen LogP contribution in [0.1, 0.15) is 35.6 Å². The van der Waals surface area contributed by atoms with Gasteiger partial charge in [-0.25, -0.2) is 0 Å². The van der Waals surface area contributed by atoms with Gasteiger partial charge in [-0.1, -0.05) is 0 Å². The molecule has 2 amide bonds. The lowest BCUT2D eigenvalue weighted by Crippen LogP contribution is -2.32. The Bertz CT molecular complexity index is 916. The van der Waals surface area contributed by atoms with E-state index in [1.165, 1.54) is 12.3 Å². The van der Waals surface area contributed by atoms with Gasteiger partial charge in [-0.05, 0) is 42.8 Å². The van der Waals surface area contributed by atoms with Crippen molar-refractivity contribution in [2.24, 2.45) is 5.73 Å². The zero-order valence-corrected chi connectivity index (χ0v) is 15.8. The van der Waals surface area contributed by atoms with E-state index in [4.69, 9.17) is 11.1 Å². The minimum absolute atomic E-state index is 0.0572. The molecule has 1 atom stereocenters. The van der Waals surface area contributed by atoms with Crippen LogP contribution in [0.25, 0.3) is 0 Å². The van der Waals surface area contributed by atoms with Crippen molar-refractivity contribution in [2.75, 3.05) is 11.9 Å². The van der Waals surface area contributed by atoms with Gasteiger partial charge in [-0.15, -0.1) is 0 Å². The van der Waals surface area contributed by atoms with Gasteiger partial charge >= 0.3 is 5.97 Å². The van der Waals surface area contributed by atoms with Gasteiger partial charge in [0.15, 0.2) is 0 Å². The van der Waals surface area contributed by atoms with Crippen molar-refractivity contribution in [1.29, 1.82) is 5.41 Å². The normalized spacial score (nSPS) is 11.3. The van der Waals surface area contributed by atoms with Crippen LogP contribution >= 0.6 is 0 Å². The smallest absolute Gasteiger partial charge is 0.314 e. The molecule has 0 fully saturated rings. The number of nitrogens with two attached hydrogens (primary N) is 1. The number of hydrogen-bond donors (Lipinski definition) is 5. The van der Waals surface area contributed by atoms with Crippen LogP contribution in [0.4, 0.5) is 5.69 Å². The number of amides is 2. The number of carboxylic acid groups (broad SMARTS) is 1. The SMILES string of the molecule is Cc1cc(NC(=O)CCC(=O)NCC(C(=O)O)c2cccnn2)ccc1C(=N)N. The molecule has 0 bridgehead atoms. The van der Waals surface area contributed by atoms with Gasteiger partial charge in [-0.3, -0.25) is 19.8 Å². The average Bonchev–Trinajstić information content (AvgIpc) is 2.67. The number of hydrogen-bond acceptors (Lipinski definition) is 6. The second kappa shape index (κ2) is 9.93. The van der Waals surface area contributed by atoms with Crippen LogP contribution in [0.2, 0.25) is 0 Å². The molecule has 1 unspecified atom stereocenters. The number of aromatic nitrogens is 2. The highest BCUT2D eigenvalue weighted by molar-refractivity contribution is 5.98. The van der Waals surface area contributed by atoms with Gasteiger partial charge in [0.1, 0.15) is 11.8 Å². The lowest BCUT2D eigenvalue weighted by atomic mass is 10.1. The molecule has 0 aliphatic rings. The lowest BCUT2D eigenvalue weighted by molar-refractivity contribution is -0.139. The lowest BCUT2D eigenvalue weighted by Gasteiger charge is -2.12. The Balaban J connectivity index is 1.82. The Labute approximate surface area is 167 Å². The van der Waals surface area contributed by atoms with Gasteiger partial charge in [0.05, 0.1) is 5.69 Å². The first-order chi connectivity index (χ1) is 13.8. The highest BCUT2D eigenvalue weighted by Crippen LogP contribution is 2.15. The fourth-order valence-corrected chi connectivity index (χ4v) is 2.62. The minimum atomic E-state index is -1.13. The van der Waals surface area contributed by atoms with E-state index in [1.54, 1.807) is 31.2 Å². The summed E-state index contributed by atoms with van der Waals surface area (Å²) in [5, 5.41) is 29.3. The minimum Gasteiger partial charge on any atom is -0.481 e. The van der Waals surface area contributed by atoms with Gasteiger partial charge in [0, 0.05) is 36.8 Å². The number of carboxylic acids is 1. The van der Waals surface area contributed by atoms with Crippen molar-refractivity contribution < 1.29 is 19.5 Å². The number of aryl methyl sites for hydroxylation is 1. The molecule has 0 aliphatic carbocycles. The van der Waals surface area contributed by atoms with Crippen LogP contribution in [0.5, 0.6) is 0 Å². The first-order valence-corrected chi connectivity index (χ1v) is 8.80. The molecular formula is C19H22N6O4. The van der Waals surface area contributed by atoms with Crippen molar-refractivity contribution in [1.82, 2.24) is 15.5 Å². The molecule has 0 aliphatic heterocycles. The third-order valence-electron chi connectivity index (χ3n) is 4.13. The number of carbonyl (C=O) groups is 3. The van der Waals surface area contributed by atoms with Gasteiger partial charge in [0.25, 0.3) is 0 Å². The number of anilines is 1. The number of amidine groups is 1. The molecule has 10 heteroatoms. The summed E-state index contributed by atoms with van der Waals surface area (Å²) in [7, 11) is 0. The first kappa shape index (κ1) is 21.5. The van der Waals surface area contributed by atoms with Gasteiger partial charge < -0.3 is 21.5 Å². The molecular weight excluding hydrogens is 376 g/mol. The molecule has 1 aromatic heterocycles. The van der Waals surface area contributed by atoms with Crippen LogP contribution < -0.4 is 16.4 Å². The molecule has 0 saturated carbocycles. The summed E-state index contributed by atoms with van der Waals surface area (Å²) in [6.07, 6.45) is 1.26.